The zero-order valence-electron chi connectivity index (χ0n) is 16.6. The predicted octanol–water partition coefficient (Wildman–Crippen LogP) is 4.52. The lowest BCUT2D eigenvalue weighted by atomic mass is 10.1. The zero-order valence-corrected chi connectivity index (χ0v) is 17.4. The fraction of sp³-hybridized carbons (Fsp3) is 0.182. The van der Waals surface area contributed by atoms with Crippen LogP contribution in [0.2, 0.25) is 5.02 Å². The van der Waals surface area contributed by atoms with Crippen LogP contribution in [-0.4, -0.2) is 20.6 Å². The molecule has 1 atom stereocenters. The molecule has 0 radical (unpaired) electrons. The molecule has 0 saturated carbocycles. The highest BCUT2D eigenvalue weighted by Gasteiger charge is 2.22. The molecule has 0 bridgehead atoms. The number of nitrogens with one attached hydrogen (secondary N) is 1. The van der Waals surface area contributed by atoms with E-state index >= 15 is 0 Å². The van der Waals surface area contributed by atoms with Crippen molar-refractivity contribution in [2.24, 2.45) is 0 Å². The average molecular weight is 423 g/mol. The Bertz CT molecular complexity index is 1310. The second kappa shape index (κ2) is 7.76. The van der Waals surface area contributed by atoms with Crippen molar-refractivity contribution in [2.75, 3.05) is 5.32 Å². The van der Waals surface area contributed by atoms with Crippen LogP contribution in [0.25, 0.3) is 22.4 Å². The van der Waals surface area contributed by atoms with Gasteiger partial charge in [0.15, 0.2) is 0 Å². The highest BCUT2D eigenvalue weighted by Crippen LogP contribution is 2.26. The van der Waals surface area contributed by atoms with Crippen LogP contribution < -0.4 is 10.9 Å². The monoisotopic (exact) mass is 422 g/mol. The molecule has 1 N–H and O–H groups in total. The summed E-state index contributed by atoms with van der Waals surface area (Å²) in [6.45, 7) is 5.55. The van der Waals surface area contributed by atoms with Crippen molar-refractivity contribution >= 4 is 34.3 Å². The van der Waals surface area contributed by atoms with Gasteiger partial charge in [0.1, 0.15) is 23.4 Å². The summed E-state index contributed by atoms with van der Waals surface area (Å²) in [7, 11) is 0. The third kappa shape index (κ3) is 3.48. The molecule has 30 heavy (non-hydrogen) atoms. The maximum absolute atomic E-state index is 13.2. The van der Waals surface area contributed by atoms with E-state index in [0.717, 1.165) is 11.1 Å². The van der Waals surface area contributed by atoms with Crippen LogP contribution in [0.15, 0.2) is 58.1 Å². The Labute approximate surface area is 177 Å². The summed E-state index contributed by atoms with van der Waals surface area (Å²) in [6.07, 6.45) is 1.30. The predicted molar refractivity (Wildman–Crippen MR) is 116 cm³/mol. The first-order chi connectivity index (χ1) is 14.4. The van der Waals surface area contributed by atoms with Crippen LogP contribution in [-0.2, 0) is 4.79 Å². The summed E-state index contributed by atoms with van der Waals surface area (Å²) in [5.74, 6) is -0.323. The van der Waals surface area contributed by atoms with Crippen molar-refractivity contribution in [1.29, 1.82) is 0 Å². The van der Waals surface area contributed by atoms with Crippen molar-refractivity contribution in [2.45, 2.75) is 26.8 Å². The molecule has 0 aliphatic rings. The van der Waals surface area contributed by atoms with Crippen LogP contribution in [0.4, 0.5) is 5.69 Å². The van der Waals surface area contributed by atoms with Gasteiger partial charge >= 0.3 is 0 Å². The number of hydrogen-bond donors (Lipinski definition) is 1. The van der Waals surface area contributed by atoms with Gasteiger partial charge in [-0.1, -0.05) is 41.0 Å². The Morgan fingerprint density at radius 2 is 1.90 bits per heavy atom. The maximum atomic E-state index is 13.2. The molecule has 8 heteroatoms. The van der Waals surface area contributed by atoms with Gasteiger partial charge in [-0.25, -0.2) is 4.98 Å². The SMILES string of the molecule is Cc1cccc(NC(=O)[C@@H](C)n2cnc3onc(-c4ccc(Cl)cc4)c3c2=O)c1C. The van der Waals surface area contributed by atoms with Crippen LogP contribution in [0, 0.1) is 13.8 Å². The smallest absolute Gasteiger partial charge is 0.267 e. The quantitative estimate of drug-likeness (QED) is 0.522. The van der Waals surface area contributed by atoms with Gasteiger partial charge < -0.3 is 9.84 Å². The van der Waals surface area contributed by atoms with Crippen molar-refractivity contribution in [3.8, 4) is 11.3 Å². The molecule has 0 fully saturated rings. The average Bonchev–Trinajstić information content (AvgIpc) is 3.17. The first-order valence-electron chi connectivity index (χ1n) is 9.36. The molecular weight excluding hydrogens is 404 g/mol. The Morgan fingerprint density at radius 3 is 2.63 bits per heavy atom. The van der Waals surface area contributed by atoms with E-state index in [1.54, 1.807) is 31.2 Å². The Morgan fingerprint density at radius 1 is 1.17 bits per heavy atom. The number of carbonyl (C=O) groups is 1. The van der Waals surface area contributed by atoms with E-state index in [9.17, 15) is 9.59 Å². The van der Waals surface area contributed by atoms with Gasteiger partial charge in [0, 0.05) is 16.3 Å². The fourth-order valence-electron chi connectivity index (χ4n) is 3.19. The normalized spacial score (nSPS) is 12.1. The lowest BCUT2D eigenvalue weighted by Crippen LogP contribution is -2.32. The molecule has 7 nitrogen and oxygen atoms in total. The van der Waals surface area contributed by atoms with E-state index in [-0.39, 0.29) is 17.0 Å². The number of fused-ring (bicyclic) bond motifs is 1. The summed E-state index contributed by atoms with van der Waals surface area (Å²) in [5.41, 5.74) is 3.48. The molecule has 0 unspecified atom stereocenters. The lowest BCUT2D eigenvalue weighted by Gasteiger charge is -2.16. The summed E-state index contributed by atoms with van der Waals surface area (Å²) in [6, 6.07) is 11.8. The number of halogens is 1. The van der Waals surface area contributed by atoms with E-state index < -0.39 is 11.6 Å². The topological polar surface area (TPSA) is 90.0 Å². The molecule has 2 aromatic heterocycles. The fourth-order valence-corrected chi connectivity index (χ4v) is 3.32. The zero-order chi connectivity index (χ0) is 21.4. The number of rotatable bonds is 4. The van der Waals surface area contributed by atoms with Crippen LogP contribution in [0.5, 0.6) is 0 Å². The van der Waals surface area contributed by atoms with Crippen molar-refractivity contribution < 1.29 is 9.32 Å². The molecule has 0 saturated heterocycles. The number of hydrogen-bond acceptors (Lipinski definition) is 5. The minimum absolute atomic E-state index is 0.114. The summed E-state index contributed by atoms with van der Waals surface area (Å²) in [4.78, 5) is 30.2. The molecule has 2 aromatic carbocycles. The number of amides is 1. The maximum Gasteiger partial charge on any atom is 0.267 e. The first-order valence-corrected chi connectivity index (χ1v) is 9.74. The first kappa shape index (κ1) is 19.8. The third-order valence-corrected chi connectivity index (χ3v) is 5.45. The summed E-state index contributed by atoms with van der Waals surface area (Å²) >= 11 is 5.95. The van der Waals surface area contributed by atoms with Gasteiger partial charge in [0.2, 0.25) is 5.91 Å². The molecule has 1 amide bonds. The highest BCUT2D eigenvalue weighted by atomic mass is 35.5. The number of anilines is 1. The lowest BCUT2D eigenvalue weighted by molar-refractivity contribution is -0.118. The molecular formula is C22H19ClN4O3. The van der Waals surface area contributed by atoms with E-state index in [1.807, 2.05) is 32.0 Å². The highest BCUT2D eigenvalue weighted by molar-refractivity contribution is 6.30. The number of carbonyl (C=O) groups excluding carboxylic acids is 1. The molecule has 2 heterocycles. The summed E-state index contributed by atoms with van der Waals surface area (Å²) in [5, 5.41) is 7.67. The van der Waals surface area contributed by atoms with Gasteiger partial charge in [0.25, 0.3) is 11.3 Å². The van der Waals surface area contributed by atoms with Crippen LogP contribution in [0.3, 0.4) is 0 Å². The van der Waals surface area contributed by atoms with Gasteiger partial charge in [-0.05, 0) is 50.1 Å². The molecule has 0 spiro atoms. The van der Waals surface area contributed by atoms with Gasteiger partial charge in [-0.2, -0.15) is 0 Å². The molecule has 4 rings (SSSR count). The molecule has 152 valence electrons. The molecule has 0 aliphatic heterocycles. The largest absolute Gasteiger partial charge is 0.335 e. The number of aromatic nitrogens is 3. The minimum atomic E-state index is -0.790. The van der Waals surface area contributed by atoms with E-state index in [2.05, 4.69) is 15.5 Å². The molecule has 4 aromatic rings. The second-order valence-corrected chi connectivity index (χ2v) is 7.52. The Balaban J connectivity index is 1.72. The standard InChI is InChI=1S/C22H19ClN4O3/c1-12-5-4-6-17(13(12)2)25-20(28)14(3)27-11-24-21-18(22(27)29)19(26-30-21)15-7-9-16(23)10-8-15/h4-11,14H,1-3H3,(H,25,28)/t14-/m1/s1. The minimum Gasteiger partial charge on any atom is -0.335 e. The summed E-state index contributed by atoms with van der Waals surface area (Å²) < 4.78 is 6.50. The number of benzene rings is 2. The van der Waals surface area contributed by atoms with Crippen LogP contribution >= 0.6 is 11.6 Å². The Kier molecular flexibility index (Phi) is 5.13. The van der Waals surface area contributed by atoms with Crippen molar-refractivity contribution in [3.63, 3.8) is 0 Å². The van der Waals surface area contributed by atoms with Gasteiger partial charge in [0.05, 0.1) is 0 Å². The number of nitrogens with zero attached hydrogens (tertiary/aromatic N) is 3. The van der Waals surface area contributed by atoms with E-state index in [0.29, 0.717) is 22.0 Å². The van der Waals surface area contributed by atoms with E-state index in [1.165, 1.54) is 10.9 Å². The van der Waals surface area contributed by atoms with Crippen LogP contribution in [0.1, 0.15) is 24.1 Å². The third-order valence-electron chi connectivity index (χ3n) is 5.20. The van der Waals surface area contributed by atoms with E-state index in [4.69, 9.17) is 16.1 Å². The van der Waals surface area contributed by atoms with Gasteiger partial charge in [-0.15, -0.1) is 0 Å². The molecule has 0 aliphatic carbocycles. The number of aryl methyl sites for hydroxylation is 1. The van der Waals surface area contributed by atoms with Crippen molar-refractivity contribution in [3.05, 3.63) is 75.3 Å². The van der Waals surface area contributed by atoms with Gasteiger partial charge in [-0.3, -0.25) is 14.2 Å². The Hall–Kier alpha value is -3.45. The second-order valence-electron chi connectivity index (χ2n) is 7.09. The van der Waals surface area contributed by atoms with Crippen molar-refractivity contribution in [1.82, 2.24) is 14.7 Å².